The first kappa shape index (κ1) is 10.6. The van der Waals surface area contributed by atoms with Crippen LogP contribution in [0.1, 0.15) is 27.2 Å². The Bertz CT molecular complexity index is 207. The number of hydrogen-bond donors (Lipinski definition) is 1. The number of piperidine rings is 1. The van der Waals surface area contributed by atoms with Crippen LogP contribution in [-0.2, 0) is 0 Å². The lowest BCUT2D eigenvalue weighted by molar-refractivity contribution is 0.0827. The fourth-order valence-electron chi connectivity index (χ4n) is 2.07. The molecule has 1 heterocycles. The molecule has 1 aliphatic heterocycles. The van der Waals surface area contributed by atoms with Crippen LogP contribution in [0.5, 0.6) is 0 Å². The van der Waals surface area contributed by atoms with Crippen molar-refractivity contribution in [1.82, 2.24) is 4.90 Å². The number of hydrogen-bond acceptors (Lipinski definition) is 2. The van der Waals surface area contributed by atoms with Crippen LogP contribution < -0.4 is 5.73 Å². The molecule has 0 radical (unpaired) electrons. The normalized spacial score (nSPS) is 38.2. The molecule has 0 saturated carbocycles. The SMILES string of the molecule is C#CC(C)N1CCC(N)C(C)C1C. The minimum Gasteiger partial charge on any atom is -0.327 e. The predicted octanol–water partition coefficient (Wildman–Crippen LogP) is 1.07. The van der Waals surface area contributed by atoms with E-state index < -0.39 is 0 Å². The van der Waals surface area contributed by atoms with E-state index in [0.29, 0.717) is 18.0 Å². The van der Waals surface area contributed by atoms with Gasteiger partial charge in [-0.2, -0.15) is 0 Å². The number of terminal acetylenes is 1. The summed E-state index contributed by atoms with van der Waals surface area (Å²) < 4.78 is 0. The third-order valence-electron chi connectivity index (χ3n) is 3.42. The molecule has 0 aromatic rings. The molecule has 0 aromatic heterocycles. The quantitative estimate of drug-likeness (QED) is 0.612. The summed E-state index contributed by atoms with van der Waals surface area (Å²) in [5.74, 6) is 3.33. The first-order valence-electron chi connectivity index (χ1n) is 5.05. The summed E-state index contributed by atoms with van der Waals surface area (Å²) in [6, 6.07) is 1.09. The van der Waals surface area contributed by atoms with Crippen LogP contribution in [-0.4, -0.2) is 29.6 Å². The van der Waals surface area contributed by atoms with Gasteiger partial charge >= 0.3 is 0 Å². The average molecular weight is 180 g/mol. The van der Waals surface area contributed by atoms with E-state index in [9.17, 15) is 0 Å². The van der Waals surface area contributed by atoms with Gasteiger partial charge in [-0.1, -0.05) is 12.8 Å². The first-order valence-corrected chi connectivity index (χ1v) is 5.05. The Morgan fingerprint density at radius 1 is 1.54 bits per heavy atom. The maximum atomic E-state index is 5.99. The van der Waals surface area contributed by atoms with Gasteiger partial charge in [0.1, 0.15) is 0 Å². The van der Waals surface area contributed by atoms with Gasteiger partial charge in [-0.15, -0.1) is 6.42 Å². The topological polar surface area (TPSA) is 29.3 Å². The molecule has 1 saturated heterocycles. The summed E-state index contributed by atoms with van der Waals surface area (Å²) in [6.07, 6.45) is 6.49. The lowest BCUT2D eigenvalue weighted by Gasteiger charge is -2.43. The Morgan fingerprint density at radius 2 is 2.15 bits per heavy atom. The third kappa shape index (κ3) is 2.04. The van der Waals surface area contributed by atoms with E-state index >= 15 is 0 Å². The number of likely N-dealkylation sites (tertiary alicyclic amines) is 1. The van der Waals surface area contributed by atoms with E-state index in [1.165, 1.54) is 0 Å². The van der Waals surface area contributed by atoms with E-state index in [1.807, 2.05) is 0 Å². The van der Waals surface area contributed by atoms with Crippen molar-refractivity contribution in [3.8, 4) is 12.3 Å². The number of rotatable bonds is 1. The standard InChI is InChI=1S/C11H20N2/c1-5-8(2)13-7-6-11(12)9(3)10(13)4/h1,8-11H,6-7,12H2,2-4H3. The third-order valence-corrected chi connectivity index (χ3v) is 3.42. The van der Waals surface area contributed by atoms with Gasteiger partial charge in [-0.3, -0.25) is 4.90 Å². The van der Waals surface area contributed by atoms with Gasteiger partial charge < -0.3 is 5.73 Å². The largest absolute Gasteiger partial charge is 0.327 e. The summed E-state index contributed by atoms with van der Waals surface area (Å²) in [5, 5.41) is 0. The molecule has 13 heavy (non-hydrogen) atoms. The second-order valence-corrected chi connectivity index (χ2v) is 4.13. The maximum absolute atomic E-state index is 5.99. The molecular weight excluding hydrogens is 160 g/mol. The zero-order valence-corrected chi connectivity index (χ0v) is 8.83. The summed E-state index contributed by atoms with van der Waals surface area (Å²) >= 11 is 0. The Balaban J connectivity index is 2.65. The molecule has 2 N–H and O–H groups in total. The molecule has 1 fully saturated rings. The van der Waals surface area contributed by atoms with Crippen LogP contribution in [0.15, 0.2) is 0 Å². The smallest absolute Gasteiger partial charge is 0.0685 e. The van der Waals surface area contributed by atoms with Crippen LogP contribution in [0.2, 0.25) is 0 Å². The first-order chi connectivity index (χ1) is 6.07. The lowest BCUT2D eigenvalue weighted by Crippen LogP contribution is -2.54. The average Bonchev–Trinajstić information content (AvgIpc) is 2.13. The highest BCUT2D eigenvalue weighted by Gasteiger charge is 2.31. The van der Waals surface area contributed by atoms with Crippen molar-refractivity contribution in [3.05, 3.63) is 0 Å². The van der Waals surface area contributed by atoms with Crippen LogP contribution in [0.4, 0.5) is 0 Å². The van der Waals surface area contributed by atoms with E-state index in [2.05, 4.69) is 31.6 Å². The zero-order valence-electron chi connectivity index (χ0n) is 8.83. The molecule has 4 unspecified atom stereocenters. The fraction of sp³-hybridized carbons (Fsp3) is 0.818. The van der Waals surface area contributed by atoms with Gasteiger partial charge in [0.25, 0.3) is 0 Å². The molecule has 1 rings (SSSR count). The fourth-order valence-corrected chi connectivity index (χ4v) is 2.07. The molecule has 2 heteroatoms. The van der Waals surface area contributed by atoms with Gasteiger partial charge in [0, 0.05) is 18.6 Å². The summed E-state index contributed by atoms with van der Waals surface area (Å²) in [7, 11) is 0. The predicted molar refractivity (Wildman–Crippen MR) is 56.2 cm³/mol. The van der Waals surface area contributed by atoms with Crippen LogP contribution in [0.25, 0.3) is 0 Å². The van der Waals surface area contributed by atoms with Crippen molar-refractivity contribution >= 4 is 0 Å². The van der Waals surface area contributed by atoms with E-state index in [-0.39, 0.29) is 6.04 Å². The molecule has 4 atom stereocenters. The molecule has 0 bridgehead atoms. The highest BCUT2D eigenvalue weighted by molar-refractivity contribution is 5.01. The van der Waals surface area contributed by atoms with Crippen LogP contribution in [0.3, 0.4) is 0 Å². The Hall–Kier alpha value is -0.520. The van der Waals surface area contributed by atoms with Crippen molar-refractivity contribution < 1.29 is 0 Å². The molecule has 1 aliphatic rings. The second kappa shape index (κ2) is 4.13. The highest BCUT2D eigenvalue weighted by atomic mass is 15.2. The van der Waals surface area contributed by atoms with Crippen LogP contribution in [0, 0.1) is 18.3 Å². The summed E-state index contributed by atoms with van der Waals surface area (Å²) in [6.45, 7) is 7.56. The molecule has 0 aromatic carbocycles. The molecular formula is C11H20N2. The highest BCUT2D eigenvalue weighted by Crippen LogP contribution is 2.23. The van der Waals surface area contributed by atoms with E-state index in [4.69, 9.17) is 12.2 Å². The van der Waals surface area contributed by atoms with Gasteiger partial charge in [0.05, 0.1) is 6.04 Å². The van der Waals surface area contributed by atoms with Crippen molar-refractivity contribution in [1.29, 1.82) is 0 Å². The van der Waals surface area contributed by atoms with Crippen molar-refractivity contribution in [2.24, 2.45) is 11.7 Å². The van der Waals surface area contributed by atoms with Crippen molar-refractivity contribution in [2.75, 3.05) is 6.54 Å². The second-order valence-electron chi connectivity index (χ2n) is 4.13. The van der Waals surface area contributed by atoms with E-state index in [1.54, 1.807) is 0 Å². The van der Waals surface area contributed by atoms with Gasteiger partial charge in [0.15, 0.2) is 0 Å². The summed E-state index contributed by atoms with van der Waals surface area (Å²) in [5.41, 5.74) is 5.99. The zero-order chi connectivity index (χ0) is 10.0. The van der Waals surface area contributed by atoms with Gasteiger partial charge in [0.2, 0.25) is 0 Å². The molecule has 0 spiro atoms. The monoisotopic (exact) mass is 180 g/mol. The minimum atomic E-state index is 0.241. The maximum Gasteiger partial charge on any atom is 0.0685 e. The summed E-state index contributed by atoms with van der Waals surface area (Å²) in [4.78, 5) is 2.37. The Labute approximate surface area is 81.5 Å². The van der Waals surface area contributed by atoms with Crippen molar-refractivity contribution in [3.63, 3.8) is 0 Å². The minimum absolute atomic E-state index is 0.241. The Kier molecular flexibility index (Phi) is 3.35. The molecule has 0 aliphatic carbocycles. The van der Waals surface area contributed by atoms with Gasteiger partial charge in [-0.25, -0.2) is 0 Å². The molecule has 74 valence electrons. The van der Waals surface area contributed by atoms with Gasteiger partial charge in [-0.05, 0) is 26.2 Å². The van der Waals surface area contributed by atoms with Crippen LogP contribution >= 0.6 is 0 Å². The number of nitrogens with two attached hydrogens (primary N) is 1. The Morgan fingerprint density at radius 3 is 2.69 bits per heavy atom. The van der Waals surface area contributed by atoms with E-state index in [0.717, 1.165) is 13.0 Å². The molecule has 2 nitrogen and oxygen atoms in total. The lowest BCUT2D eigenvalue weighted by atomic mass is 9.87. The number of nitrogens with zero attached hydrogens (tertiary/aromatic N) is 1. The van der Waals surface area contributed by atoms with Crippen molar-refractivity contribution in [2.45, 2.75) is 45.3 Å². The molecule has 0 amide bonds.